The van der Waals surface area contributed by atoms with E-state index in [9.17, 15) is 14.4 Å². The van der Waals surface area contributed by atoms with Crippen LogP contribution in [0.1, 0.15) is 23.7 Å². The number of carbonyl (C=O) groups is 3. The van der Waals surface area contributed by atoms with E-state index in [1.165, 1.54) is 4.90 Å². The summed E-state index contributed by atoms with van der Waals surface area (Å²) in [6.07, 6.45) is -0.151. The molecule has 9 heteroatoms. The van der Waals surface area contributed by atoms with Crippen molar-refractivity contribution in [3.63, 3.8) is 0 Å². The summed E-state index contributed by atoms with van der Waals surface area (Å²) in [6, 6.07) is 5.73. The van der Waals surface area contributed by atoms with Crippen LogP contribution in [0.4, 0.5) is 0 Å². The molecule has 0 saturated carbocycles. The van der Waals surface area contributed by atoms with Crippen LogP contribution in [0, 0.1) is 0 Å². The summed E-state index contributed by atoms with van der Waals surface area (Å²) in [4.78, 5) is 37.7. The molecule has 1 atom stereocenters. The maximum atomic E-state index is 12.3. The minimum Gasteiger partial charge on any atom is -0.466 e. The van der Waals surface area contributed by atoms with Crippen LogP contribution in [0.25, 0.3) is 0 Å². The molecule has 1 unspecified atom stereocenters. The fraction of sp³-hybridized carbons (Fsp3) is 0.375. The van der Waals surface area contributed by atoms with Gasteiger partial charge in [0, 0.05) is 13.1 Å². The predicted octanol–water partition coefficient (Wildman–Crippen LogP) is 1.11. The third-order valence-corrected chi connectivity index (χ3v) is 4.26. The van der Waals surface area contributed by atoms with E-state index in [4.69, 9.17) is 28.6 Å². The maximum Gasteiger partial charge on any atom is 0.308 e. The van der Waals surface area contributed by atoms with Crippen molar-refractivity contribution in [1.82, 2.24) is 15.5 Å². The molecule has 0 aliphatic carbocycles. The van der Waals surface area contributed by atoms with E-state index >= 15 is 0 Å². The Balaban J connectivity index is 2.09. The quantitative estimate of drug-likeness (QED) is 0.598. The normalized spacial score (nSPS) is 16.8. The summed E-state index contributed by atoms with van der Waals surface area (Å²) in [5, 5.41) is 5.60. The van der Waals surface area contributed by atoms with E-state index in [0.29, 0.717) is 18.1 Å². The molecular formula is C16H18ClN3O4S. The van der Waals surface area contributed by atoms with Crippen molar-refractivity contribution in [2.45, 2.75) is 19.4 Å². The highest BCUT2D eigenvalue weighted by Crippen LogP contribution is 2.15. The average molecular weight is 384 g/mol. The highest BCUT2D eigenvalue weighted by Gasteiger charge is 2.34. The Kier molecular flexibility index (Phi) is 6.72. The van der Waals surface area contributed by atoms with Gasteiger partial charge in [-0.05, 0) is 31.3 Å². The minimum atomic E-state index is -0.827. The van der Waals surface area contributed by atoms with Crippen LogP contribution in [-0.2, 0) is 14.3 Å². The highest BCUT2D eigenvalue weighted by atomic mass is 35.5. The summed E-state index contributed by atoms with van der Waals surface area (Å²) < 4.78 is 4.89. The van der Waals surface area contributed by atoms with E-state index < -0.39 is 17.9 Å². The third-order valence-electron chi connectivity index (χ3n) is 3.60. The van der Waals surface area contributed by atoms with Gasteiger partial charge in [0.2, 0.25) is 5.91 Å². The number of nitrogens with one attached hydrogen (secondary N) is 2. The Hall–Kier alpha value is -2.19. The van der Waals surface area contributed by atoms with Crippen molar-refractivity contribution in [2.24, 2.45) is 0 Å². The number of thiocarbonyl (C=S) groups is 1. The number of piperazine rings is 1. The third kappa shape index (κ3) is 4.90. The van der Waals surface area contributed by atoms with Gasteiger partial charge in [0.05, 0.1) is 23.6 Å². The van der Waals surface area contributed by atoms with Gasteiger partial charge in [0.15, 0.2) is 5.11 Å². The zero-order valence-corrected chi connectivity index (χ0v) is 15.2. The first-order valence-electron chi connectivity index (χ1n) is 7.73. The van der Waals surface area contributed by atoms with E-state index in [1.54, 1.807) is 31.2 Å². The topological polar surface area (TPSA) is 87.7 Å². The largest absolute Gasteiger partial charge is 0.466 e. The molecule has 1 saturated heterocycles. The molecule has 2 N–H and O–H groups in total. The molecule has 134 valence electrons. The molecule has 0 aromatic heterocycles. The van der Waals surface area contributed by atoms with Crippen LogP contribution >= 0.6 is 23.8 Å². The number of carbonyl (C=O) groups excluding carboxylic acids is 3. The number of benzene rings is 1. The predicted molar refractivity (Wildman–Crippen MR) is 96.3 cm³/mol. The highest BCUT2D eigenvalue weighted by molar-refractivity contribution is 7.80. The van der Waals surface area contributed by atoms with Crippen LogP contribution in [0.5, 0.6) is 0 Å². The molecule has 2 amide bonds. The lowest BCUT2D eigenvalue weighted by atomic mass is 10.1. The lowest BCUT2D eigenvalue weighted by Crippen LogP contribution is -2.60. The summed E-state index contributed by atoms with van der Waals surface area (Å²) in [5.41, 5.74) is 0.273. The number of hydrogen-bond donors (Lipinski definition) is 2. The second-order valence-corrected chi connectivity index (χ2v) is 6.04. The van der Waals surface area contributed by atoms with Crippen molar-refractivity contribution in [3.05, 3.63) is 34.9 Å². The Morgan fingerprint density at radius 2 is 2.16 bits per heavy atom. The SMILES string of the molecule is CCOC(=O)CC1C(=O)NCCN1C(=S)NC(=O)c1ccccc1Cl. The number of ether oxygens (including phenoxy) is 1. The van der Waals surface area contributed by atoms with Crippen molar-refractivity contribution in [3.8, 4) is 0 Å². The zero-order chi connectivity index (χ0) is 18.4. The Bertz CT molecular complexity index is 698. The summed E-state index contributed by atoms with van der Waals surface area (Å²) in [5.74, 6) is -1.32. The fourth-order valence-electron chi connectivity index (χ4n) is 2.42. The van der Waals surface area contributed by atoms with Gasteiger partial charge in [0.25, 0.3) is 5.91 Å². The van der Waals surface area contributed by atoms with Gasteiger partial charge < -0.3 is 15.0 Å². The van der Waals surface area contributed by atoms with Gasteiger partial charge in [-0.3, -0.25) is 19.7 Å². The summed E-state index contributed by atoms with van der Waals surface area (Å²) >= 11 is 11.3. The zero-order valence-electron chi connectivity index (χ0n) is 13.6. The minimum absolute atomic E-state index is 0.0640. The first-order valence-corrected chi connectivity index (χ1v) is 8.52. The number of esters is 1. The molecule has 0 bridgehead atoms. The summed E-state index contributed by atoms with van der Waals surface area (Å²) in [7, 11) is 0. The van der Waals surface area contributed by atoms with Gasteiger partial charge in [-0.25, -0.2) is 0 Å². The van der Waals surface area contributed by atoms with Crippen LogP contribution in [0.2, 0.25) is 5.02 Å². The maximum absolute atomic E-state index is 12.3. The van der Waals surface area contributed by atoms with Gasteiger partial charge in [-0.1, -0.05) is 23.7 Å². The monoisotopic (exact) mass is 383 g/mol. The van der Waals surface area contributed by atoms with E-state index in [2.05, 4.69) is 10.6 Å². The van der Waals surface area contributed by atoms with E-state index in [1.807, 2.05) is 0 Å². The molecule has 0 radical (unpaired) electrons. The fourth-order valence-corrected chi connectivity index (χ4v) is 2.95. The smallest absolute Gasteiger partial charge is 0.308 e. The first kappa shape index (κ1) is 19.1. The standard InChI is InChI=1S/C16H18ClN3O4S/c1-2-24-13(21)9-12-15(23)18-7-8-20(12)16(25)19-14(22)10-5-3-4-6-11(10)17/h3-6,12H,2,7-9H2,1H3,(H,18,23)(H,19,22,25). The molecule has 1 aliphatic rings. The average Bonchev–Trinajstić information content (AvgIpc) is 2.57. The number of rotatable bonds is 4. The van der Waals surface area contributed by atoms with Crippen molar-refractivity contribution >= 4 is 46.7 Å². The number of amides is 2. The number of halogens is 1. The molecule has 1 heterocycles. The molecule has 0 spiro atoms. The Morgan fingerprint density at radius 1 is 1.44 bits per heavy atom. The molecule has 25 heavy (non-hydrogen) atoms. The number of nitrogens with zero attached hydrogens (tertiary/aromatic N) is 1. The molecular weight excluding hydrogens is 366 g/mol. The van der Waals surface area contributed by atoms with E-state index in [-0.39, 0.29) is 29.6 Å². The van der Waals surface area contributed by atoms with Crippen molar-refractivity contribution in [1.29, 1.82) is 0 Å². The summed E-state index contributed by atoms with van der Waals surface area (Å²) in [6.45, 7) is 2.64. The van der Waals surface area contributed by atoms with Crippen LogP contribution in [-0.4, -0.2) is 53.5 Å². The van der Waals surface area contributed by atoms with Crippen LogP contribution < -0.4 is 10.6 Å². The van der Waals surface area contributed by atoms with Gasteiger partial charge in [-0.2, -0.15) is 0 Å². The number of hydrogen-bond acceptors (Lipinski definition) is 5. The van der Waals surface area contributed by atoms with Crippen LogP contribution in [0.15, 0.2) is 24.3 Å². The van der Waals surface area contributed by atoms with Gasteiger partial charge in [-0.15, -0.1) is 0 Å². The van der Waals surface area contributed by atoms with Crippen LogP contribution in [0.3, 0.4) is 0 Å². The van der Waals surface area contributed by atoms with E-state index in [0.717, 1.165) is 0 Å². The Morgan fingerprint density at radius 3 is 2.84 bits per heavy atom. The lowest BCUT2D eigenvalue weighted by molar-refractivity contribution is -0.147. The second-order valence-electron chi connectivity index (χ2n) is 5.25. The molecule has 1 aromatic rings. The molecule has 1 aromatic carbocycles. The van der Waals surface area contributed by atoms with Crippen molar-refractivity contribution in [2.75, 3.05) is 19.7 Å². The Labute approximate surface area is 155 Å². The molecule has 7 nitrogen and oxygen atoms in total. The van der Waals surface area contributed by atoms with Crippen molar-refractivity contribution < 1.29 is 19.1 Å². The molecule has 1 fully saturated rings. The molecule has 2 rings (SSSR count). The molecule has 1 aliphatic heterocycles. The van der Waals surface area contributed by atoms with Gasteiger partial charge >= 0.3 is 5.97 Å². The lowest BCUT2D eigenvalue weighted by Gasteiger charge is -2.36. The first-order chi connectivity index (χ1) is 11.9. The second kappa shape index (κ2) is 8.77. The van der Waals surface area contributed by atoms with Gasteiger partial charge in [0.1, 0.15) is 6.04 Å².